The van der Waals surface area contributed by atoms with Crippen LogP contribution < -0.4 is 0 Å². The molecule has 0 saturated carbocycles. The van der Waals surface area contributed by atoms with Crippen molar-refractivity contribution in [3.05, 3.63) is 29.7 Å². The highest BCUT2D eigenvalue weighted by Crippen LogP contribution is 2.23. The van der Waals surface area contributed by atoms with Gasteiger partial charge >= 0.3 is 5.97 Å². The van der Waals surface area contributed by atoms with Gasteiger partial charge in [0.25, 0.3) is 0 Å². The van der Waals surface area contributed by atoms with E-state index in [2.05, 4.69) is 5.10 Å². The highest BCUT2D eigenvalue weighted by Gasteiger charge is 2.19. The molecule has 0 aliphatic carbocycles. The molecule has 1 heterocycles. The molecule has 0 spiro atoms. The Morgan fingerprint density at radius 1 is 1.50 bits per heavy atom. The molecule has 0 unspecified atom stereocenters. The minimum atomic E-state index is -0.521. The number of esters is 1. The van der Waals surface area contributed by atoms with Gasteiger partial charge in [-0.25, -0.2) is 9.18 Å². The van der Waals surface area contributed by atoms with Gasteiger partial charge in [-0.05, 0) is 39.0 Å². The molecule has 0 radical (unpaired) electrons. The van der Waals surface area contributed by atoms with Crippen molar-refractivity contribution in [2.45, 2.75) is 26.8 Å². The zero-order valence-electron chi connectivity index (χ0n) is 10.6. The summed E-state index contributed by atoms with van der Waals surface area (Å²) in [6.07, 6.45) is 0. The van der Waals surface area contributed by atoms with Crippen LogP contribution in [0, 0.1) is 5.82 Å². The summed E-state index contributed by atoms with van der Waals surface area (Å²) in [6, 6.07) is 4.38. The number of hydrogen-bond donors (Lipinski definition) is 0. The molecule has 5 heteroatoms. The molecule has 0 saturated heterocycles. The van der Waals surface area contributed by atoms with E-state index < -0.39 is 11.8 Å². The smallest absolute Gasteiger partial charge is 0.359 e. The van der Waals surface area contributed by atoms with E-state index in [1.165, 1.54) is 12.1 Å². The minimum Gasteiger partial charge on any atom is -0.461 e. The summed E-state index contributed by atoms with van der Waals surface area (Å²) in [4.78, 5) is 11.8. The van der Waals surface area contributed by atoms with Crippen molar-refractivity contribution in [2.75, 3.05) is 6.61 Å². The molecule has 0 atom stereocenters. The van der Waals surface area contributed by atoms with Crippen molar-refractivity contribution in [1.82, 2.24) is 9.78 Å². The summed E-state index contributed by atoms with van der Waals surface area (Å²) in [5.74, 6) is -0.913. The van der Waals surface area contributed by atoms with Crippen molar-refractivity contribution < 1.29 is 13.9 Å². The van der Waals surface area contributed by atoms with Crippen LogP contribution >= 0.6 is 0 Å². The number of benzene rings is 1. The van der Waals surface area contributed by atoms with E-state index in [0.29, 0.717) is 5.39 Å². The van der Waals surface area contributed by atoms with Gasteiger partial charge in [0.1, 0.15) is 5.82 Å². The van der Waals surface area contributed by atoms with Crippen LogP contribution in [0.25, 0.3) is 10.9 Å². The van der Waals surface area contributed by atoms with E-state index in [4.69, 9.17) is 4.74 Å². The molecule has 2 aromatic rings. The topological polar surface area (TPSA) is 44.1 Å². The second-order valence-corrected chi connectivity index (χ2v) is 4.27. The molecule has 4 nitrogen and oxygen atoms in total. The van der Waals surface area contributed by atoms with E-state index in [0.717, 1.165) is 5.52 Å². The number of aromatic nitrogens is 2. The van der Waals surface area contributed by atoms with Crippen LogP contribution in [0.4, 0.5) is 4.39 Å². The second-order valence-electron chi connectivity index (χ2n) is 4.27. The Morgan fingerprint density at radius 2 is 2.22 bits per heavy atom. The number of rotatable bonds is 3. The van der Waals surface area contributed by atoms with Gasteiger partial charge in [-0.3, -0.25) is 4.68 Å². The third kappa shape index (κ3) is 2.08. The number of nitrogens with zero attached hydrogens (tertiary/aromatic N) is 2. The predicted molar refractivity (Wildman–Crippen MR) is 66.0 cm³/mol. The summed E-state index contributed by atoms with van der Waals surface area (Å²) in [6.45, 7) is 5.89. The van der Waals surface area contributed by atoms with Gasteiger partial charge in [-0.1, -0.05) is 0 Å². The SMILES string of the molecule is CCOC(=O)c1nn(C(C)C)c2ccc(F)cc12. The molecule has 0 aliphatic rings. The summed E-state index contributed by atoms with van der Waals surface area (Å²) in [5, 5.41) is 4.71. The predicted octanol–water partition coefficient (Wildman–Crippen LogP) is 2.93. The van der Waals surface area contributed by atoms with Crippen LogP contribution in [0.5, 0.6) is 0 Å². The van der Waals surface area contributed by atoms with E-state index >= 15 is 0 Å². The van der Waals surface area contributed by atoms with Crippen molar-refractivity contribution >= 4 is 16.9 Å². The summed E-state index contributed by atoms with van der Waals surface area (Å²) in [7, 11) is 0. The fraction of sp³-hybridized carbons (Fsp3) is 0.385. The largest absolute Gasteiger partial charge is 0.461 e. The molecular formula is C13H15FN2O2. The van der Waals surface area contributed by atoms with Crippen LogP contribution in [-0.4, -0.2) is 22.4 Å². The third-order valence-corrected chi connectivity index (χ3v) is 2.63. The van der Waals surface area contributed by atoms with Crippen molar-refractivity contribution in [1.29, 1.82) is 0 Å². The van der Waals surface area contributed by atoms with Crippen LogP contribution in [0.1, 0.15) is 37.3 Å². The van der Waals surface area contributed by atoms with Gasteiger partial charge in [-0.2, -0.15) is 5.10 Å². The summed E-state index contributed by atoms with van der Waals surface area (Å²) < 4.78 is 19.9. The average molecular weight is 250 g/mol. The Hall–Kier alpha value is -1.91. The van der Waals surface area contributed by atoms with Crippen LogP contribution in [-0.2, 0) is 4.74 Å². The first-order chi connectivity index (χ1) is 8.54. The second kappa shape index (κ2) is 4.76. The fourth-order valence-corrected chi connectivity index (χ4v) is 1.86. The van der Waals surface area contributed by atoms with Gasteiger partial charge in [-0.15, -0.1) is 0 Å². The Kier molecular flexibility index (Phi) is 3.32. The highest BCUT2D eigenvalue weighted by atomic mass is 19.1. The summed E-state index contributed by atoms with van der Waals surface area (Å²) in [5.41, 5.74) is 0.898. The number of carbonyl (C=O) groups excluding carboxylic acids is 1. The first-order valence-corrected chi connectivity index (χ1v) is 5.89. The van der Waals surface area contributed by atoms with Crippen molar-refractivity contribution in [2.24, 2.45) is 0 Å². The van der Waals surface area contributed by atoms with Crippen molar-refractivity contribution in [3.8, 4) is 0 Å². The molecule has 0 bridgehead atoms. The Labute approximate surface area is 104 Å². The number of ether oxygens (including phenoxy) is 1. The normalized spacial score (nSPS) is 11.2. The Bertz CT molecular complexity index is 590. The van der Waals surface area contributed by atoms with Gasteiger partial charge in [0.2, 0.25) is 0 Å². The zero-order valence-corrected chi connectivity index (χ0v) is 10.6. The van der Waals surface area contributed by atoms with Crippen LogP contribution in [0.2, 0.25) is 0 Å². The van der Waals surface area contributed by atoms with E-state index in [1.807, 2.05) is 13.8 Å². The van der Waals surface area contributed by atoms with Crippen LogP contribution in [0.15, 0.2) is 18.2 Å². The Balaban J connectivity index is 2.65. The molecular weight excluding hydrogens is 235 g/mol. The molecule has 0 N–H and O–H groups in total. The van der Waals surface area contributed by atoms with Gasteiger partial charge < -0.3 is 4.74 Å². The minimum absolute atomic E-state index is 0.0844. The quantitative estimate of drug-likeness (QED) is 0.787. The maximum atomic E-state index is 13.3. The number of fused-ring (bicyclic) bond motifs is 1. The maximum absolute atomic E-state index is 13.3. The van der Waals surface area contributed by atoms with Gasteiger partial charge in [0.05, 0.1) is 12.1 Å². The fourth-order valence-electron chi connectivity index (χ4n) is 1.86. The molecule has 0 aliphatic heterocycles. The average Bonchev–Trinajstić information content (AvgIpc) is 2.68. The maximum Gasteiger partial charge on any atom is 0.359 e. The molecule has 1 aromatic carbocycles. The Morgan fingerprint density at radius 3 is 2.83 bits per heavy atom. The lowest BCUT2D eigenvalue weighted by molar-refractivity contribution is 0.0520. The number of carbonyl (C=O) groups is 1. The van der Waals surface area contributed by atoms with E-state index in [9.17, 15) is 9.18 Å². The molecule has 18 heavy (non-hydrogen) atoms. The standard InChI is InChI=1S/C13H15FN2O2/c1-4-18-13(17)12-10-7-9(14)5-6-11(10)16(15-12)8(2)3/h5-8H,4H2,1-3H3. The van der Waals surface area contributed by atoms with Crippen LogP contribution in [0.3, 0.4) is 0 Å². The third-order valence-electron chi connectivity index (χ3n) is 2.63. The van der Waals surface area contributed by atoms with E-state index in [-0.39, 0.29) is 18.3 Å². The molecule has 0 amide bonds. The number of hydrogen-bond acceptors (Lipinski definition) is 3. The molecule has 96 valence electrons. The summed E-state index contributed by atoms with van der Waals surface area (Å²) >= 11 is 0. The number of halogens is 1. The zero-order chi connectivity index (χ0) is 13.3. The molecule has 0 fully saturated rings. The molecule has 1 aromatic heterocycles. The van der Waals surface area contributed by atoms with Gasteiger partial charge in [0, 0.05) is 11.4 Å². The first kappa shape index (κ1) is 12.5. The lowest BCUT2D eigenvalue weighted by atomic mass is 10.2. The highest BCUT2D eigenvalue weighted by molar-refractivity contribution is 6.02. The lowest BCUT2D eigenvalue weighted by Crippen LogP contribution is -2.08. The monoisotopic (exact) mass is 250 g/mol. The van der Waals surface area contributed by atoms with Crippen molar-refractivity contribution in [3.63, 3.8) is 0 Å². The first-order valence-electron chi connectivity index (χ1n) is 5.89. The van der Waals surface area contributed by atoms with E-state index in [1.54, 1.807) is 17.7 Å². The van der Waals surface area contributed by atoms with Gasteiger partial charge in [0.15, 0.2) is 5.69 Å². The lowest BCUT2D eigenvalue weighted by Gasteiger charge is -2.06. The molecule has 2 rings (SSSR count).